The van der Waals surface area contributed by atoms with E-state index < -0.39 is 0 Å². The predicted molar refractivity (Wildman–Crippen MR) is 110 cm³/mol. The van der Waals surface area contributed by atoms with Crippen molar-refractivity contribution in [2.75, 3.05) is 0 Å². The molecule has 1 fully saturated rings. The molecule has 2 aromatic carbocycles. The Balaban J connectivity index is 1.67. The van der Waals surface area contributed by atoms with Gasteiger partial charge >= 0.3 is 0 Å². The fourth-order valence-electron chi connectivity index (χ4n) is 3.15. The first-order chi connectivity index (χ1) is 12.5. The van der Waals surface area contributed by atoms with Gasteiger partial charge in [0, 0.05) is 29.7 Å². The highest BCUT2D eigenvalue weighted by Crippen LogP contribution is 2.31. The highest BCUT2D eigenvalue weighted by atomic mass is 32.2. The standard InChI is InChI=1S/C21H19N3OS/c1-13-8-9-17(14(2)10-13)22-21-23-20(25)19(26-21)11-15-12-24(3)18-7-5-4-6-16(15)18/h4-12H,1-3H3,(H,22,23,25)/b19-11+. The molecule has 1 aromatic heterocycles. The highest BCUT2D eigenvalue weighted by molar-refractivity contribution is 8.18. The Labute approximate surface area is 156 Å². The van der Waals surface area contributed by atoms with Crippen molar-refractivity contribution in [3.63, 3.8) is 0 Å². The summed E-state index contributed by atoms with van der Waals surface area (Å²) in [5, 5.41) is 4.62. The summed E-state index contributed by atoms with van der Waals surface area (Å²) < 4.78 is 2.07. The minimum absolute atomic E-state index is 0.105. The van der Waals surface area contributed by atoms with Crippen LogP contribution in [0.4, 0.5) is 5.69 Å². The van der Waals surface area contributed by atoms with Gasteiger partial charge in [-0.15, -0.1) is 0 Å². The summed E-state index contributed by atoms with van der Waals surface area (Å²) in [4.78, 5) is 17.6. The van der Waals surface area contributed by atoms with Crippen LogP contribution in [-0.4, -0.2) is 15.6 Å². The monoisotopic (exact) mass is 361 g/mol. The Morgan fingerprint density at radius 1 is 1.15 bits per heavy atom. The van der Waals surface area contributed by atoms with Gasteiger partial charge in [-0.05, 0) is 49.4 Å². The van der Waals surface area contributed by atoms with Crippen LogP contribution in [0.2, 0.25) is 0 Å². The van der Waals surface area contributed by atoms with Gasteiger partial charge in [0.2, 0.25) is 0 Å². The number of amidine groups is 1. The third-order valence-electron chi connectivity index (χ3n) is 4.44. The van der Waals surface area contributed by atoms with Crippen molar-refractivity contribution in [2.24, 2.45) is 12.0 Å². The van der Waals surface area contributed by atoms with Gasteiger partial charge in [-0.25, -0.2) is 4.99 Å². The fourth-order valence-corrected chi connectivity index (χ4v) is 3.98. The van der Waals surface area contributed by atoms with Crippen molar-refractivity contribution in [1.29, 1.82) is 0 Å². The SMILES string of the molecule is Cc1ccc(N=C2NC(=O)/C(=C\c3cn(C)c4ccccc34)S2)c(C)c1. The van der Waals surface area contributed by atoms with Crippen LogP contribution in [0.3, 0.4) is 0 Å². The molecule has 0 bridgehead atoms. The number of para-hydroxylation sites is 1. The molecule has 5 heteroatoms. The van der Waals surface area contributed by atoms with E-state index in [0.29, 0.717) is 10.1 Å². The Morgan fingerprint density at radius 3 is 2.77 bits per heavy atom. The largest absolute Gasteiger partial charge is 0.350 e. The number of carbonyl (C=O) groups is 1. The van der Waals surface area contributed by atoms with Gasteiger partial charge in [0.05, 0.1) is 10.6 Å². The first-order valence-corrected chi connectivity index (χ1v) is 9.24. The second-order valence-electron chi connectivity index (χ2n) is 6.48. The number of hydrogen-bond donors (Lipinski definition) is 1. The maximum atomic E-state index is 12.4. The molecule has 1 amide bonds. The molecule has 1 aliphatic rings. The molecule has 1 N–H and O–H groups in total. The zero-order valence-electron chi connectivity index (χ0n) is 14.9. The molecule has 2 heterocycles. The minimum atomic E-state index is -0.105. The third-order valence-corrected chi connectivity index (χ3v) is 5.35. The van der Waals surface area contributed by atoms with Crippen LogP contribution in [0.5, 0.6) is 0 Å². The number of nitrogens with one attached hydrogen (secondary N) is 1. The summed E-state index contributed by atoms with van der Waals surface area (Å²) in [6.07, 6.45) is 3.98. The normalized spacial score (nSPS) is 17.4. The molecule has 0 radical (unpaired) electrons. The number of amides is 1. The van der Waals surface area contributed by atoms with Gasteiger partial charge in [-0.1, -0.05) is 35.9 Å². The van der Waals surface area contributed by atoms with E-state index in [4.69, 9.17) is 0 Å². The lowest BCUT2D eigenvalue weighted by molar-refractivity contribution is -0.115. The van der Waals surface area contributed by atoms with Crippen LogP contribution in [-0.2, 0) is 11.8 Å². The molecule has 0 atom stereocenters. The maximum Gasteiger partial charge on any atom is 0.264 e. The van der Waals surface area contributed by atoms with Gasteiger partial charge in [0.1, 0.15) is 0 Å². The second-order valence-corrected chi connectivity index (χ2v) is 7.51. The quantitative estimate of drug-likeness (QED) is 0.673. The van der Waals surface area contributed by atoms with E-state index in [1.165, 1.54) is 17.3 Å². The number of aryl methyl sites for hydroxylation is 3. The zero-order valence-corrected chi connectivity index (χ0v) is 15.7. The lowest BCUT2D eigenvalue weighted by Crippen LogP contribution is -2.19. The number of carbonyl (C=O) groups excluding carboxylic acids is 1. The number of rotatable bonds is 2. The smallest absolute Gasteiger partial charge is 0.264 e. The predicted octanol–water partition coefficient (Wildman–Crippen LogP) is 4.69. The number of aromatic nitrogens is 1. The van der Waals surface area contributed by atoms with Gasteiger partial charge in [-0.2, -0.15) is 0 Å². The number of aliphatic imine (C=N–C) groups is 1. The molecular weight excluding hydrogens is 342 g/mol. The molecule has 4 nitrogen and oxygen atoms in total. The lowest BCUT2D eigenvalue weighted by atomic mass is 10.1. The summed E-state index contributed by atoms with van der Waals surface area (Å²) in [7, 11) is 2.01. The fraction of sp³-hybridized carbons (Fsp3) is 0.143. The molecule has 1 saturated heterocycles. The number of fused-ring (bicyclic) bond motifs is 1. The van der Waals surface area contributed by atoms with Crippen LogP contribution in [0.25, 0.3) is 17.0 Å². The summed E-state index contributed by atoms with van der Waals surface area (Å²) in [6, 6.07) is 14.3. The number of thioether (sulfide) groups is 1. The average molecular weight is 361 g/mol. The Hall–Kier alpha value is -2.79. The van der Waals surface area contributed by atoms with Crippen LogP contribution in [0, 0.1) is 13.8 Å². The number of benzene rings is 2. The molecule has 0 spiro atoms. The zero-order chi connectivity index (χ0) is 18.3. The third kappa shape index (κ3) is 3.06. The lowest BCUT2D eigenvalue weighted by Gasteiger charge is -2.02. The van der Waals surface area contributed by atoms with Crippen LogP contribution in [0.15, 0.2) is 58.6 Å². The van der Waals surface area contributed by atoms with Crippen LogP contribution >= 0.6 is 11.8 Å². The minimum Gasteiger partial charge on any atom is -0.350 e. The van der Waals surface area contributed by atoms with Crippen molar-refractivity contribution in [3.05, 3.63) is 70.3 Å². The molecular formula is C21H19N3OS. The van der Waals surface area contributed by atoms with Gasteiger partial charge < -0.3 is 9.88 Å². The van der Waals surface area contributed by atoms with E-state index in [1.807, 2.05) is 50.5 Å². The first kappa shape index (κ1) is 16.7. The van der Waals surface area contributed by atoms with E-state index in [0.717, 1.165) is 27.7 Å². The maximum absolute atomic E-state index is 12.4. The molecule has 26 heavy (non-hydrogen) atoms. The molecule has 130 valence electrons. The summed E-state index contributed by atoms with van der Waals surface area (Å²) in [5.74, 6) is -0.105. The van der Waals surface area contributed by atoms with Gasteiger partial charge in [0.15, 0.2) is 5.17 Å². The van der Waals surface area contributed by atoms with Crippen LogP contribution < -0.4 is 5.32 Å². The van der Waals surface area contributed by atoms with Crippen molar-refractivity contribution >= 4 is 45.5 Å². The summed E-state index contributed by atoms with van der Waals surface area (Å²) >= 11 is 1.38. The van der Waals surface area contributed by atoms with E-state index in [9.17, 15) is 4.79 Å². The second kappa shape index (κ2) is 6.50. The van der Waals surface area contributed by atoms with Crippen molar-refractivity contribution in [1.82, 2.24) is 9.88 Å². The van der Waals surface area contributed by atoms with Crippen molar-refractivity contribution in [3.8, 4) is 0 Å². The van der Waals surface area contributed by atoms with E-state index in [-0.39, 0.29) is 5.91 Å². The molecule has 0 aliphatic carbocycles. The highest BCUT2D eigenvalue weighted by Gasteiger charge is 2.24. The molecule has 1 aliphatic heterocycles. The molecule has 4 rings (SSSR count). The van der Waals surface area contributed by atoms with E-state index in [2.05, 4.69) is 40.0 Å². The number of nitrogens with zero attached hydrogens (tertiary/aromatic N) is 2. The molecule has 0 saturated carbocycles. The average Bonchev–Trinajstić information content (AvgIpc) is 3.11. The topological polar surface area (TPSA) is 46.4 Å². The van der Waals surface area contributed by atoms with Gasteiger partial charge in [-0.3, -0.25) is 4.79 Å². The van der Waals surface area contributed by atoms with Gasteiger partial charge in [0.25, 0.3) is 5.91 Å². The Bertz CT molecular complexity index is 1090. The Morgan fingerprint density at radius 2 is 1.96 bits per heavy atom. The van der Waals surface area contributed by atoms with Crippen molar-refractivity contribution < 1.29 is 4.79 Å². The summed E-state index contributed by atoms with van der Waals surface area (Å²) in [6.45, 7) is 4.09. The summed E-state index contributed by atoms with van der Waals surface area (Å²) in [5.41, 5.74) is 5.36. The molecule has 3 aromatic rings. The number of hydrogen-bond acceptors (Lipinski definition) is 3. The van der Waals surface area contributed by atoms with E-state index in [1.54, 1.807) is 0 Å². The first-order valence-electron chi connectivity index (χ1n) is 8.42. The van der Waals surface area contributed by atoms with Crippen molar-refractivity contribution in [2.45, 2.75) is 13.8 Å². The van der Waals surface area contributed by atoms with Crippen LogP contribution in [0.1, 0.15) is 16.7 Å². The molecule has 0 unspecified atom stereocenters. The Kier molecular flexibility index (Phi) is 4.17. The van der Waals surface area contributed by atoms with E-state index >= 15 is 0 Å².